The highest BCUT2D eigenvalue weighted by Crippen LogP contribution is 2.17. The lowest BCUT2D eigenvalue weighted by Crippen LogP contribution is -2.37. The smallest absolute Gasteiger partial charge is 0.335 e. The van der Waals surface area contributed by atoms with Crippen molar-refractivity contribution in [1.29, 1.82) is 0 Å². The standard InChI is InChI=1S/C17H19N5O3S/c18-21-17(22(19)14-8-6-13(7-9-14)16(24)25)26-11-15(23)20-10-12-4-2-1-3-5-12/h1-9H,10-11,18-19H2,(H,20,23)(H,24,25)/b21-17+. The predicted molar refractivity (Wildman–Crippen MR) is 102 cm³/mol. The molecule has 0 saturated heterocycles. The number of hydrogen-bond donors (Lipinski definition) is 4. The number of nitrogens with two attached hydrogens (primary N) is 2. The van der Waals surface area contributed by atoms with Gasteiger partial charge in [-0.05, 0) is 29.8 Å². The fraction of sp³-hybridized carbons (Fsp3) is 0.118. The van der Waals surface area contributed by atoms with Gasteiger partial charge in [-0.2, -0.15) is 5.10 Å². The number of benzene rings is 2. The minimum Gasteiger partial charge on any atom is -0.478 e. The van der Waals surface area contributed by atoms with E-state index in [1.54, 1.807) is 0 Å². The number of rotatable bonds is 6. The number of anilines is 1. The Morgan fingerprint density at radius 1 is 1.12 bits per heavy atom. The maximum Gasteiger partial charge on any atom is 0.335 e. The van der Waals surface area contributed by atoms with Crippen LogP contribution in [0, 0.1) is 0 Å². The van der Waals surface area contributed by atoms with E-state index >= 15 is 0 Å². The van der Waals surface area contributed by atoms with E-state index in [4.69, 9.17) is 16.8 Å². The van der Waals surface area contributed by atoms with Crippen LogP contribution >= 0.6 is 11.8 Å². The number of thioether (sulfide) groups is 1. The van der Waals surface area contributed by atoms with Gasteiger partial charge in [0.2, 0.25) is 11.1 Å². The molecule has 1 amide bonds. The lowest BCUT2D eigenvalue weighted by Gasteiger charge is -2.19. The van der Waals surface area contributed by atoms with E-state index in [1.165, 1.54) is 29.3 Å². The molecule has 0 heterocycles. The van der Waals surface area contributed by atoms with Crippen molar-refractivity contribution in [1.82, 2.24) is 5.32 Å². The van der Waals surface area contributed by atoms with Crippen molar-refractivity contribution in [2.24, 2.45) is 16.8 Å². The molecule has 0 unspecified atom stereocenters. The van der Waals surface area contributed by atoms with Crippen LogP contribution in [0.3, 0.4) is 0 Å². The summed E-state index contributed by atoms with van der Waals surface area (Å²) in [5.74, 6) is 10.2. The summed E-state index contributed by atoms with van der Waals surface area (Å²) in [6, 6.07) is 15.4. The maximum absolute atomic E-state index is 12.0. The van der Waals surface area contributed by atoms with E-state index in [0.29, 0.717) is 12.2 Å². The number of carbonyl (C=O) groups is 2. The van der Waals surface area contributed by atoms with Gasteiger partial charge in [0.05, 0.1) is 17.0 Å². The fourth-order valence-corrected chi connectivity index (χ4v) is 2.70. The van der Waals surface area contributed by atoms with Crippen LogP contribution in [0.5, 0.6) is 0 Å². The second-order valence-corrected chi connectivity index (χ2v) is 6.13. The lowest BCUT2D eigenvalue weighted by molar-refractivity contribution is -0.118. The summed E-state index contributed by atoms with van der Waals surface area (Å²) in [6.07, 6.45) is 0. The Hall–Kier alpha value is -3.04. The third-order valence-electron chi connectivity index (χ3n) is 3.37. The first-order valence-electron chi connectivity index (χ1n) is 7.60. The second-order valence-electron chi connectivity index (χ2n) is 5.18. The maximum atomic E-state index is 12.0. The molecule has 8 nitrogen and oxygen atoms in total. The number of carboxylic acid groups (broad SMARTS) is 1. The first kappa shape index (κ1) is 19.3. The van der Waals surface area contributed by atoms with Gasteiger partial charge in [0, 0.05) is 6.54 Å². The van der Waals surface area contributed by atoms with E-state index in [0.717, 1.165) is 17.3 Å². The van der Waals surface area contributed by atoms with Gasteiger partial charge in [-0.1, -0.05) is 42.1 Å². The molecule has 26 heavy (non-hydrogen) atoms. The van der Waals surface area contributed by atoms with Crippen molar-refractivity contribution >= 4 is 34.5 Å². The fourth-order valence-electron chi connectivity index (χ4n) is 2.02. The molecule has 2 rings (SSSR count). The van der Waals surface area contributed by atoms with Crippen LogP contribution < -0.4 is 22.0 Å². The van der Waals surface area contributed by atoms with E-state index in [9.17, 15) is 9.59 Å². The number of aromatic carboxylic acids is 1. The van der Waals surface area contributed by atoms with E-state index in [1.807, 2.05) is 30.3 Å². The van der Waals surface area contributed by atoms with Crippen molar-refractivity contribution in [3.05, 3.63) is 65.7 Å². The summed E-state index contributed by atoms with van der Waals surface area (Å²) in [7, 11) is 0. The number of hydrazone groups is 1. The molecule has 136 valence electrons. The predicted octanol–water partition coefficient (Wildman–Crippen LogP) is 1.34. The molecule has 0 radical (unpaired) electrons. The zero-order valence-corrected chi connectivity index (χ0v) is 14.6. The van der Waals surface area contributed by atoms with Gasteiger partial charge in [0.15, 0.2) is 0 Å². The molecule has 0 saturated carbocycles. The normalized spacial score (nSPS) is 11.0. The van der Waals surface area contributed by atoms with Gasteiger partial charge in [0.25, 0.3) is 0 Å². The van der Waals surface area contributed by atoms with Crippen molar-refractivity contribution in [2.45, 2.75) is 6.54 Å². The number of nitrogens with one attached hydrogen (secondary N) is 1. The Bertz CT molecular complexity index is 781. The number of carbonyl (C=O) groups excluding carboxylic acids is 1. The van der Waals surface area contributed by atoms with Crippen molar-refractivity contribution in [3.63, 3.8) is 0 Å². The molecule has 0 aromatic heterocycles. The largest absolute Gasteiger partial charge is 0.478 e. The quantitative estimate of drug-likeness (QED) is 0.260. The van der Waals surface area contributed by atoms with Gasteiger partial charge in [-0.15, -0.1) is 0 Å². The van der Waals surface area contributed by atoms with Gasteiger partial charge in [-0.25, -0.2) is 10.6 Å². The highest BCUT2D eigenvalue weighted by molar-refractivity contribution is 8.14. The molecule has 0 fully saturated rings. The zero-order valence-electron chi connectivity index (χ0n) is 13.8. The molecule has 0 spiro atoms. The first-order chi connectivity index (χ1) is 12.5. The van der Waals surface area contributed by atoms with Gasteiger partial charge < -0.3 is 16.3 Å². The Morgan fingerprint density at radius 3 is 2.35 bits per heavy atom. The van der Waals surface area contributed by atoms with Crippen LogP contribution in [0.25, 0.3) is 0 Å². The van der Waals surface area contributed by atoms with Gasteiger partial charge in [-0.3, -0.25) is 9.80 Å². The summed E-state index contributed by atoms with van der Waals surface area (Å²) in [6.45, 7) is 0.429. The Kier molecular flexibility index (Phi) is 7.01. The van der Waals surface area contributed by atoms with E-state index in [2.05, 4.69) is 10.4 Å². The van der Waals surface area contributed by atoms with E-state index < -0.39 is 5.97 Å². The van der Waals surface area contributed by atoms with Crippen LogP contribution in [-0.2, 0) is 11.3 Å². The number of carboxylic acids is 1. The average molecular weight is 373 g/mol. The highest BCUT2D eigenvalue weighted by atomic mass is 32.2. The summed E-state index contributed by atoms with van der Waals surface area (Å²) >= 11 is 1.08. The Balaban J connectivity index is 1.87. The van der Waals surface area contributed by atoms with Crippen LogP contribution in [0.2, 0.25) is 0 Å². The topological polar surface area (TPSA) is 134 Å². The number of nitrogens with zero attached hydrogens (tertiary/aromatic N) is 2. The molecule has 0 aliphatic heterocycles. The van der Waals surface area contributed by atoms with Crippen LogP contribution in [0.15, 0.2) is 59.7 Å². The summed E-state index contributed by atoms with van der Waals surface area (Å²) in [4.78, 5) is 22.8. The number of hydrazine groups is 1. The van der Waals surface area contributed by atoms with Crippen LogP contribution in [-0.4, -0.2) is 27.9 Å². The van der Waals surface area contributed by atoms with Gasteiger partial charge >= 0.3 is 5.97 Å². The van der Waals surface area contributed by atoms with Crippen molar-refractivity contribution in [3.8, 4) is 0 Å². The summed E-state index contributed by atoms with van der Waals surface area (Å²) < 4.78 is 0. The third kappa shape index (κ3) is 5.50. The van der Waals surface area contributed by atoms with Crippen LogP contribution in [0.1, 0.15) is 15.9 Å². The first-order valence-corrected chi connectivity index (χ1v) is 8.59. The molecule has 2 aromatic rings. The number of amides is 1. The molecule has 0 aliphatic carbocycles. The van der Waals surface area contributed by atoms with Crippen molar-refractivity contribution in [2.75, 3.05) is 10.8 Å². The molecule has 6 N–H and O–H groups in total. The molecular formula is C17H19N5O3S. The molecule has 2 aromatic carbocycles. The second kappa shape index (κ2) is 9.44. The Labute approximate surface area is 154 Å². The zero-order chi connectivity index (χ0) is 18.9. The molecule has 0 aliphatic rings. The van der Waals surface area contributed by atoms with E-state index in [-0.39, 0.29) is 22.4 Å². The molecule has 0 atom stereocenters. The minimum atomic E-state index is -1.03. The SMILES string of the molecule is N/N=C(/SCC(=O)NCc1ccccc1)N(N)c1ccc(C(=O)O)cc1. The summed E-state index contributed by atoms with van der Waals surface area (Å²) in [5.41, 5.74) is 1.63. The van der Waals surface area contributed by atoms with Crippen molar-refractivity contribution < 1.29 is 14.7 Å². The average Bonchev–Trinajstić information content (AvgIpc) is 2.67. The third-order valence-corrected chi connectivity index (χ3v) is 4.34. The molecule has 0 bridgehead atoms. The molecular weight excluding hydrogens is 354 g/mol. The highest BCUT2D eigenvalue weighted by Gasteiger charge is 2.14. The Morgan fingerprint density at radius 2 is 1.77 bits per heavy atom. The number of hydrogen-bond acceptors (Lipinski definition) is 6. The lowest BCUT2D eigenvalue weighted by atomic mass is 10.2. The van der Waals surface area contributed by atoms with Crippen LogP contribution in [0.4, 0.5) is 5.69 Å². The van der Waals surface area contributed by atoms with Gasteiger partial charge in [0.1, 0.15) is 0 Å². The summed E-state index contributed by atoms with van der Waals surface area (Å²) in [5, 5.41) is 16.7. The number of amidine groups is 1. The monoisotopic (exact) mass is 373 g/mol. The molecule has 9 heteroatoms. The minimum absolute atomic E-state index is 0.0871.